The minimum absolute atomic E-state index is 0.759. The molecule has 2 aromatic rings. The van der Waals surface area contributed by atoms with Crippen LogP contribution in [0.25, 0.3) is 10.9 Å². The SMILES string of the molecule is Cc1ccc2cc(CNC3CCC3)n(C)c2c1. The van der Waals surface area contributed by atoms with Crippen LogP contribution in [0.2, 0.25) is 0 Å². The van der Waals surface area contributed by atoms with E-state index in [9.17, 15) is 0 Å². The van der Waals surface area contributed by atoms with Crippen molar-refractivity contribution < 1.29 is 0 Å². The van der Waals surface area contributed by atoms with E-state index < -0.39 is 0 Å². The van der Waals surface area contributed by atoms with Crippen LogP contribution in [0.15, 0.2) is 24.3 Å². The van der Waals surface area contributed by atoms with Crippen LogP contribution in [0, 0.1) is 6.92 Å². The lowest BCUT2D eigenvalue weighted by molar-refractivity contribution is 0.336. The first-order chi connectivity index (χ1) is 8.24. The Balaban J connectivity index is 1.85. The number of hydrogen-bond donors (Lipinski definition) is 1. The smallest absolute Gasteiger partial charge is 0.0482 e. The average Bonchev–Trinajstić information content (AvgIpc) is 2.55. The van der Waals surface area contributed by atoms with E-state index in [1.54, 1.807) is 0 Å². The maximum absolute atomic E-state index is 3.63. The summed E-state index contributed by atoms with van der Waals surface area (Å²) >= 11 is 0. The fraction of sp³-hybridized carbons (Fsp3) is 0.467. The Hall–Kier alpha value is -1.28. The first kappa shape index (κ1) is 10.8. The van der Waals surface area contributed by atoms with Gasteiger partial charge in [-0.25, -0.2) is 0 Å². The molecule has 0 bridgehead atoms. The fourth-order valence-electron chi connectivity index (χ4n) is 2.53. The van der Waals surface area contributed by atoms with Crippen molar-refractivity contribution in [1.29, 1.82) is 0 Å². The van der Waals surface area contributed by atoms with Crippen molar-refractivity contribution in [2.45, 2.75) is 38.8 Å². The predicted octanol–water partition coefficient (Wildman–Crippen LogP) is 3.13. The zero-order valence-electron chi connectivity index (χ0n) is 10.7. The Morgan fingerprint density at radius 3 is 2.82 bits per heavy atom. The highest BCUT2D eigenvalue weighted by atomic mass is 15.0. The first-order valence-electron chi connectivity index (χ1n) is 6.52. The summed E-state index contributed by atoms with van der Waals surface area (Å²) in [5.74, 6) is 0. The van der Waals surface area contributed by atoms with E-state index in [-0.39, 0.29) is 0 Å². The van der Waals surface area contributed by atoms with Gasteiger partial charge in [0.05, 0.1) is 0 Å². The third kappa shape index (κ3) is 1.98. The van der Waals surface area contributed by atoms with E-state index in [4.69, 9.17) is 0 Å². The molecule has 17 heavy (non-hydrogen) atoms. The largest absolute Gasteiger partial charge is 0.346 e. The lowest BCUT2D eigenvalue weighted by Crippen LogP contribution is -2.34. The fourth-order valence-corrected chi connectivity index (χ4v) is 2.53. The highest BCUT2D eigenvalue weighted by Gasteiger charge is 2.16. The number of aryl methyl sites for hydroxylation is 2. The molecule has 90 valence electrons. The van der Waals surface area contributed by atoms with Gasteiger partial charge in [0.25, 0.3) is 0 Å². The Kier molecular flexibility index (Phi) is 2.67. The maximum Gasteiger partial charge on any atom is 0.0482 e. The summed E-state index contributed by atoms with van der Waals surface area (Å²) in [5, 5.41) is 4.98. The molecule has 0 radical (unpaired) electrons. The summed E-state index contributed by atoms with van der Waals surface area (Å²) < 4.78 is 2.31. The maximum atomic E-state index is 3.63. The molecule has 1 heterocycles. The van der Waals surface area contributed by atoms with Gasteiger partial charge in [0.15, 0.2) is 0 Å². The number of aromatic nitrogens is 1. The molecule has 0 spiro atoms. The number of nitrogens with one attached hydrogen (secondary N) is 1. The molecule has 0 unspecified atom stereocenters. The van der Waals surface area contributed by atoms with Gasteiger partial charge in [0.1, 0.15) is 0 Å². The predicted molar refractivity (Wildman–Crippen MR) is 72.1 cm³/mol. The van der Waals surface area contributed by atoms with Crippen LogP contribution in [0.1, 0.15) is 30.5 Å². The van der Waals surface area contributed by atoms with Gasteiger partial charge in [-0.05, 0) is 42.8 Å². The van der Waals surface area contributed by atoms with Gasteiger partial charge >= 0.3 is 0 Å². The second-order valence-corrected chi connectivity index (χ2v) is 5.27. The van der Waals surface area contributed by atoms with Crippen LogP contribution in [-0.4, -0.2) is 10.6 Å². The van der Waals surface area contributed by atoms with Gasteiger partial charge in [-0.3, -0.25) is 0 Å². The van der Waals surface area contributed by atoms with Crippen LogP contribution in [0.4, 0.5) is 0 Å². The first-order valence-corrected chi connectivity index (χ1v) is 6.52. The minimum Gasteiger partial charge on any atom is -0.346 e. The summed E-state index contributed by atoms with van der Waals surface area (Å²) in [7, 11) is 2.17. The number of nitrogens with zero attached hydrogens (tertiary/aromatic N) is 1. The Morgan fingerprint density at radius 2 is 2.12 bits per heavy atom. The zero-order valence-corrected chi connectivity index (χ0v) is 10.7. The van der Waals surface area contributed by atoms with E-state index in [1.807, 2.05) is 0 Å². The molecule has 1 saturated carbocycles. The van der Waals surface area contributed by atoms with Crippen LogP contribution >= 0.6 is 0 Å². The molecule has 2 heteroatoms. The Morgan fingerprint density at radius 1 is 1.29 bits per heavy atom. The minimum atomic E-state index is 0.759. The summed E-state index contributed by atoms with van der Waals surface area (Å²) in [5.41, 5.74) is 4.06. The summed E-state index contributed by atoms with van der Waals surface area (Å²) in [4.78, 5) is 0. The number of rotatable bonds is 3. The number of hydrogen-bond acceptors (Lipinski definition) is 1. The molecule has 1 aliphatic rings. The third-order valence-corrected chi connectivity index (χ3v) is 3.98. The van der Waals surface area contributed by atoms with Gasteiger partial charge in [0.2, 0.25) is 0 Å². The second kappa shape index (κ2) is 4.19. The summed E-state index contributed by atoms with van der Waals surface area (Å²) in [6, 6.07) is 9.74. The number of fused-ring (bicyclic) bond motifs is 1. The molecular weight excluding hydrogens is 208 g/mol. The van der Waals surface area contributed by atoms with E-state index >= 15 is 0 Å². The molecule has 1 fully saturated rings. The highest BCUT2D eigenvalue weighted by Crippen LogP contribution is 2.22. The molecule has 1 aromatic heterocycles. The van der Waals surface area contributed by atoms with E-state index in [1.165, 1.54) is 41.4 Å². The highest BCUT2D eigenvalue weighted by molar-refractivity contribution is 5.81. The van der Waals surface area contributed by atoms with E-state index in [2.05, 4.69) is 48.1 Å². The zero-order chi connectivity index (χ0) is 11.8. The van der Waals surface area contributed by atoms with Crippen molar-refractivity contribution in [2.24, 2.45) is 7.05 Å². The van der Waals surface area contributed by atoms with Crippen molar-refractivity contribution in [3.8, 4) is 0 Å². The Labute approximate surface area is 103 Å². The monoisotopic (exact) mass is 228 g/mol. The quantitative estimate of drug-likeness (QED) is 0.854. The van der Waals surface area contributed by atoms with Gasteiger partial charge in [-0.2, -0.15) is 0 Å². The average molecular weight is 228 g/mol. The lowest BCUT2D eigenvalue weighted by Gasteiger charge is -2.26. The lowest BCUT2D eigenvalue weighted by atomic mass is 9.93. The molecule has 0 amide bonds. The Bertz CT molecular complexity index is 535. The molecule has 3 rings (SSSR count). The topological polar surface area (TPSA) is 17.0 Å². The normalized spacial score (nSPS) is 16.4. The molecule has 0 saturated heterocycles. The molecule has 2 nitrogen and oxygen atoms in total. The van der Waals surface area contributed by atoms with Gasteiger partial charge in [0, 0.05) is 30.8 Å². The molecule has 1 N–H and O–H groups in total. The van der Waals surface area contributed by atoms with E-state index in [0.717, 1.165) is 12.6 Å². The van der Waals surface area contributed by atoms with Crippen molar-refractivity contribution in [3.63, 3.8) is 0 Å². The van der Waals surface area contributed by atoms with E-state index in [0.29, 0.717) is 0 Å². The van der Waals surface area contributed by atoms with Crippen molar-refractivity contribution in [3.05, 3.63) is 35.5 Å². The third-order valence-electron chi connectivity index (χ3n) is 3.98. The molecular formula is C15H20N2. The van der Waals surface area contributed by atoms with Crippen molar-refractivity contribution in [1.82, 2.24) is 9.88 Å². The molecule has 1 aliphatic carbocycles. The van der Waals surface area contributed by atoms with Crippen LogP contribution < -0.4 is 5.32 Å². The standard InChI is InChI=1S/C15H20N2/c1-11-6-7-12-9-14(17(2)15(12)8-11)10-16-13-4-3-5-13/h6-9,13,16H,3-5,10H2,1-2H3. The molecule has 1 aromatic carbocycles. The molecule has 0 aliphatic heterocycles. The van der Waals surface area contributed by atoms with Crippen LogP contribution in [0.3, 0.4) is 0 Å². The summed E-state index contributed by atoms with van der Waals surface area (Å²) in [6.07, 6.45) is 4.10. The number of benzene rings is 1. The van der Waals surface area contributed by atoms with Crippen LogP contribution in [-0.2, 0) is 13.6 Å². The van der Waals surface area contributed by atoms with Crippen molar-refractivity contribution >= 4 is 10.9 Å². The van der Waals surface area contributed by atoms with Crippen LogP contribution in [0.5, 0.6) is 0 Å². The van der Waals surface area contributed by atoms with Gasteiger partial charge in [-0.1, -0.05) is 18.6 Å². The van der Waals surface area contributed by atoms with Gasteiger partial charge < -0.3 is 9.88 Å². The van der Waals surface area contributed by atoms with Crippen molar-refractivity contribution in [2.75, 3.05) is 0 Å². The van der Waals surface area contributed by atoms with Gasteiger partial charge in [-0.15, -0.1) is 0 Å². The summed E-state index contributed by atoms with van der Waals surface area (Å²) in [6.45, 7) is 3.15. The second-order valence-electron chi connectivity index (χ2n) is 5.27. The molecule has 0 atom stereocenters.